The number of nitrogens with zero attached hydrogens (tertiary/aromatic N) is 3. The Balaban J connectivity index is 2.66. The van der Waals surface area contributed by atoms with Crippen molar-refractivity contribution in [3.05, 3.63) is 27.1 Å². The Morgan fingerprint density at radius 1 is 1.25 bits per heavy atom. The minimum Gasteiger partial charge on any atom is -0.476 e. The van der Waals surface area contributed by atoms with E-state index in [4.69, 9.17) is 4.74 Å². The smallest absolute Gasteiger partial charge is 0.418 e. The van der Waals surface area contributed by atoms with E-state index < -0.39 is 46.5 Å². The van der Waals surface area contributed by atoms with Crippen molar-refractivity contribution in [1.82, 2.24) is 14.8 Å². The van der Waals surface area contributed by atoms with Crippen LogP contribution in [0.25, 0.3) is 11.4 Å². The molecule has 0 saturated carbocycles. The molecule has 0 bridgehead atoms. The van der Waals surface area contributed by atoms with Crippen LogP contribution in [0.3, 0.4) is 0 Å². The van der Waals surface area contributed by atoms with Gasteiger partial charge in [0.2, 0.25) is 0 Å². The molecule has 0 aliphatic heterocycles. The summed E-state index contributed by atoms with van der Waals surface area (Å²) in [7, 11) is 1.51. The third-order valence-corrected chi connectivity index (χ3v) is 3.96. The van der Waals surface area contributed by atoms with Crippen molar-refractivity contribution in [3.8, 4) is 11.4 Å². The zero-order valence-corrected chi connectivity index (χ0v) is 17.3. The van der Waals surface area contributed by atoms with Crippen molar-refractivity contribution < 1.29 is 32.6 Å². The van der Waals surface area contributed by atoms with Crippen LogP contribution in [0.5, 0.6) is 0 Å². The van der Waals surface area contributed by atoms with Gasteiger partial charge >= 0.3 is 18.2 Å². The van der Waals surface area contributed by atoms with Gasteiger partial charge in [-0.1, -0.05) is 0 Å². The number of anilines is 1. The number of amides is 1. The van der Waals surface area contributed by atoms with E-state index in [-0.39, 0.29) is 5.69 Å². The number of pyridine rings is 1. The third-order valence-electron chi connectivity index (χ3n) is 3.17. The number of rotatable bonds is 3. The van der Waals surface area contributed by atoms with Crippen molar-refractivity contribution in [2.75, 3.05) is 5.32 Å². The lowest BCUT2D eigenvalue weighted by atomic mass is 10.1. The van der Waals surface area contributed by atoms with Crippen LogP contribution in [0.1, 0.15) is 36.8 Å². The summed E-state index contributed by atoms with van der Waals surface area (Å²) in [6, 6.07) is 0.514. The highest BCUT2D eigenvalue weighted by Crippen LogP contribution is 2.39. The number of ether oxygens (including phenoxy) is 1. The van der Waals surface area contributed by atoms with Crippen molar-refractivity contribution in [2.45, 2.75) is 32.5 Å². The minimum atomic E-state index is -4.87. The molecule has 0 fully saturated rings. The van der Waals surface area contributed by atoms with Gasteiger partial charge < -0.3 is 9.84 Å². The van der Waals surface area contributed by atoms with E-state index in [0.717, 1.165) is 0 Å². The molecule has 0 saturated heterocycles. The molecule has 0 spiro atoms. The van der Waals surface area contributed by atoms with Gasteiger partial charge in [-0.25, -0.2) is 14.6 Å². The van der Waals surface area contributed by atoms with Gasteiger partial charge in [-0.3, -0.25) is 10.00 Å². The number of carboxylic acid groups (broad SMARTS) is 1. The molecule has 8 nitrogen and oxygen atoms in total. The number of halogens is 4. The number of nitrogens with one attached hydrogen (secondary N) is 1. The molecule has 0 atom stereocenters. The maximum atomic E-state index is 13.6. The van der Waals surface area contributed by atoms with E-state index in [1.165, 1.54) is 17.9 Å². The van der Waals surface area contributed by atoms with E-state index in [2.05, 4.69) is 10.1 Å². The number of aromatic nitrogens is 3. The molecule has 1 amide bonds. The molecular formula is C16H16F3IN4O4. The topological polar surface area (TPSA) is 106 Å². The largest absolute Gasteiger partial charge is 0.476 e. The fourth-order valence-electron chi connectivity index (χ4n) is 2.20. The maximum absolute atomic E-state index is 13.6. The molecule has 0 radical (unpaired) electrons. The van der Waals surface area contributed by atoms with Gasteiger partial charge in [0.05, 0.1) is 14.8 Å². The summed E-state index contributed by atoms with van der Waals surface area (Å²) in [5, 5.41) is 15.4. The first kappa shape index (κ1) is 21.9. The molecule has 0 aliphatic rings. The first-order chi connectivity index (χ1) is 12.7. The second kappa shape index (κ2) is 7.56. The number of carbonyl (C=O) groups excluding carboxylic acids is 1. The van der Waals surface area contributed by atoms with E-state index in [1.807, 2.05) is 5.32 Å². The molecule has 0 unspecified atom stereocenters. The van der Waals surface area contributed by atoms with Crippen LogP contribution in [0.2, 0.25) is 0 Å². The summed E-state index contributed by atoms with van der Waals surface area (Å²) < 4.78 is 47.5. The lowest BCUT2D eigenvalue weighted by Gasteiger charge is -2.21. The van der Waals surface area contributed by atoms with Gasteiger partial charge in [0, 0.05) is 13.2 Å². The summed E-state index contributed by atoms with van der Waals surface area (Å²) in [4.78, 5) is 27.1. The Bertz CT molecular complexity index is 935. The van der Waals surface area contributed by atoms with Crippen molar-refractivity contribution in [2.24, 2.45) is 7.05 Å². The second-order valence-electron chi connectivity index (χ2n) is 6.71. The summed E-state index contributed by atoms with van der Waals surface area (Å²) >= 11 is 1.77. The fourth-order valence-corrected chi connectivity index (χ4v) is 2.97. The Labute approximate surface area is 171 Å². The third kappa shape index (κ3) is 5.11. The summed E-state index contributed by atoms with van der Waals surface area (Å²) in [5.41, 5.74) is -4.34. The molecule has 2 aromatic heterocycles. The number of carboxylic acids is 1. The van der Waals surface area contributed by atoms with Crippen LogP contribution >= 0.6 is 22.6 Å². The van der Waals surface area contributed by atoms with Crippen LogP contribution in [0, 0.1) is 3.57 Å². The molecule has 12 heteroatoms. The van der Waals surface area contributed by atoms with Crippen molar-refractivity contribution in [1.29, 1.82) is 0 Å². The molecule has 0 aromatic carbocycles. The highest BCUT2D eigenvalue weighted by molar-refractivity contribution is 14.1. The van der Waals surface area contributed by atoms with Gasteiger partial charge in [0.15, 0.2) is 5.69 Å². The number of aryl methyl sites for hydroxylation is 1. The fraction of sp³-hybridized carbons (Fsp3) is 0.375. The van der Waals surface area contributed by atoms with Gasteiger partial charge in [-0.05, 0) is 49.4 Å². The van der Waals surface area contributed by atoms with Gasteiger partial charge in [-0.2, -0.15) is 18.3 Å². The molecule has 152 valence electrons. The zero-order chi connectivity index (χ0) is 21.4. The molecule has 0 aliphatic carbocycles. The van der Waals surface area contributed by atoms with Crippen LogP contribution in [-0.4, -0.2) is 37.5 Å². The van der Waals surface area contributed by atoms with Crippen molar-refractivity contribution >= 4 is 40.3 Å². The average Bonchev–Trinajstić information content (AvgIpc) is 2.82. The Morgan fingerprint density at radius 2 is 1.86 bits per heavy atom. The van der Waals surface area contributed by atoms with E-state index in [1.54, 1.807) is 43.4 Å². The SMILES string of the molecule is Cn1cc(I)c(-c2nc(C(=O)O)c(NC(=O)OC(C)(C)C)cc2C(F)(F)F)n1. The highest BCUT2D eigenvalue weighted by atomic mass is 127. The first-order valence-electron chi connectivity index (χ1n) is 7.74. The monoisotopic (exact) mass is 512 g/mol. The average molecular weight is 512 g/mol. The lowest BCUT2D eigenvalue weighted by molar-refractivity contribution is -0.137. The van der Waals surface area contributed by atoms with E-state index in [0.29, 0.717) is 9.64 Å². The number of hydrogen-bond acceptors (Lipinski definition) is 5. The van der Waals surface area contributed by atoms with E-state index in [9.17, 15) is 27.9 Å². The van der Waals surface area contributed by atoms with Crippen molar-refractivity contribution in [3.63, 3.8) is 0 Å². The number of hydrogen-bond donors (Lipinski definition) is 2. The summed E-state index contributed by atoms with van der Waals surface area (Å²) in [6.07, 6.45) is -4.51. The Hall–Kier alpha value is -2.38. The summed E-state index contributed by atoms with van der Waals surface area (Å²) in [5.74, 6) is -1.62. The molecule has 2 heterocycles. The normalized spacial score (nSPS) is 12.0. The Kier molecular flexibility index (Phi) is 5.92. The number of alkyl halides is 3. The van der Waals surface area contributed by atoms with Crippen LogP contribution in [0.15, 0.2) is 12.3 Å². The molecule has 28 heavy (non-hydrogen) atoms. The van der Waals surface area contributed by atoms with E-state index >= 15 is 0 Å². The van der Waals surface area contributed by atoms with Gasteiger partial charge in [-0.15, -0.1) is 0 Å². The molecule has 2 N–H and O–H groups in total. The molecular weight excluding hydrogens is 496 g/mol. The van der Waals surface area contributed by atoms with Crippen LogP contribution in [-0.2, 0) is 18.0 Å². The second-order valence-corrected chi connectivity index (χ2v) is 7.87. The standard InChI is InChI=1S/C16H16F3IN4O4/c1-15(2,3)28-14(27)21-9-5-7(16(17,18)19)10(22-12(9)13(25)26)11-8(20)6-24(4)23-11/h5-6H,1-4H3,(H,21,27)(H,25,26). The minimum absolute atomic E-state index is 0.123. The quantitative estimate of drug-likeness (QED) is 0.599. The predicted octanol–water partition coefficient (Wildman–Crippen LogP) is 4.15. The molecule has 2 aromatic rings. The maximum Gasteiger partial charge on any atom is 0.418 e. The first-order valence-corrected chi connectivity index (χ1v) is 8.82. The number of carbonyl (C=O) groups is 2. The zero-order valence-electron chi connectivity index (χ0n) is 15.2. The predicted molar refractivity (Wildman–Crippen MR) is 101 cm³/mol. The number of aromatic carboxylic acids is 1. The molecule has 2 rings (SSSR count). The lowest BCUT2D eigenvalue weighted by Crippen LogP contribution is -2.28. The van der Waals surface area contributed by atoms with Crippen LogP contribution in [0.4, 0.5) is 23.7 Å². The van der Waals surface area contributed by atoms with Crippen LogP contribution < -0.4 is 5.32 Å². The highest BCUT2D eigenvalue weighted by Gasteiger charge is 2.38. The Morgan fingerprint density at radius 3 is 2.29 bits per heavy atom. The van der Waals surface area contributed by atoms with Gasteiger partial charge in [0.25, 0.3) is 0 Å². The van der Waals surface area contributed by atoms with Gasteiger partial charge in [0.1, 0.15) is 17.0 Å². The summed E-state index contributed by atoms with van der Waals surface area (Å²) in [6.45, 7) is 4.66.